The molecule has 9 rings (SSSR count). The third kappa shape index (κ3) is 2.70. The van der Waals surface area contributed by atoms with Gasteiger partial charge in [-0.15, -0.1) is 0 Å². The van der Waals surface area contributed by atoms with E-state index in [-0.39, 0.29) is 0 Å². The lowest BCUT2D eigenvalue weighted by atomic mass is 10.0. The number of nitrogens with zero attached hydrogens (tertiary/aromatic N) is 3. The lowest BCUT2D eigenvalue weighted by molar-refractivity contribution is 0.600. The summed E-state index contributed by atoms with van der Waals surface area (Å²) in [6.45, 7) is 0. The van der Waals surface area contributed by atoms with E-state index in [4.69, 9.17) is 4.42 Å². The number of hydrogen-bond acceptors (Lipinski definition) is 2. The summed E-state index contributed by atoms with van der Waals surface area (Å²) in [5.41, 5.74) is 8.47. The number of rotatable bonds is 2. The van der Waals surface area contributed by atoms with Crippen molar-refractivity contribution in [3.05, 3.63) is 128 Å². The van der Waals surface area contributed by atoms with Crippen LogP contribution >= 0.6 is 0 Å². The molecule has 0 spiro atoms. The van der Waals surface area contributed by atoms with Crippen LogP contribution in [0.25, 0.3) is 76.9 Å². The van der Waals surface area contributed by atoms with Crippen LogP contribution < -0.4 is 0 Å². The zero-order valence-electron chi connectivity index (χ0n) is 20.9. The smallest absolute Gasteiger partial charge is 0.182 e. The number of benzene rings is 6. The van der Waals surface area contributed by atoms with E-state index >= 15 is 0 Å². The molecule has 0 saturated carbocycles. The van der Waals surface area contributed by atoms with Gasteiger partial charge in [-0.2, -0.15) is 0 Å². The lowest BCUT2D eigenvalue weighted by Crippen LogP contribution is -1.95. The predicted molar refractivity (Wildman–Crippen MR) is 160 cm³/mol. The minimum Gasteiger partial charge on any atom is -0.441 e. The second-order valence-electron chi connectivity index (χ2n) is 10.0. The standard InChI is InChI=1S/C35H21N3O/c1-2-10-23(11-3-1)37-29-19-17-22-9-4-5-12-24(22)32(29)26-18-20-30-33(34(26)37)25-13-6-7-15-28(25)38(30)31-16-8-14-27-35(31)39-21-36-27/h1-21H. The molecule has 182 valence electrons. The molecule has 0 saturated heterocycles. The first-order valence-electron chi connectivity index (χ1n) is 13.1. The summed E-state index contributed by atoms with van der Waals surface area (Å²) < 4.78 is 10.7. The summed E-state index contributed by atoms with van der Waals surface area (Å²) in [5.74, 6) is 0. The molecule has 9 aromatic rings. The van der Waals surface area contributed by atoms with Gasteiger partial charge in [0.2, 0.25) is 0 Å². The second-order valence-corrected chi connectivity index (χ2v) is 10.0. The number of oxazole rings is 1. The summed E-state index contributed by atoms with van der Waals surface area (Å²) in [7, 11) is 0. The van der Waals surface area contributed by atoms with Crippen molar-refractivity contribution in [3.8, 4) is 11.4 Å². The van der Waals surface area contributed by atoms with E-state index in [2.05, 4.69) is 123 Å². The maximum Gasteiger partial charge on any atom is 0.182 e. The van der Waals surface area contributed by atoms with Crippen LogP contribution in [-0.4, -0.2) is 14.1 Å². The van der Waals surface area contributed by atoms with Crippen LogP contribution in [0.15, 0.2) is 132 Å². The van der Waals surface area contributed by atoms with Crippen molar-refractivity contribution in [1.82, 2.24) is 14.1 Å². The number of aromatic nitrogens is 3. The molecule has 0 amide bonds. The first kappa shape index (κ1) is 20.7. The molecule has 0 radical (unpaired) electrons. The quantitative estimate of drug-likeness (QED) is 0.238. The molecule has 4 nitrogen and oxygen atoms in total. The number of para-hydroxylation sites is 3. The van der Waals surface area contributed by atoms with Crippen molar-refractivity contribution >= 4 is 65.5 Å². The molecule has 3 aromatic heterocycles. The Morgan fingerprint density at radius 1 is 0.513 bits per heavy atom. The van der Waals surface area contributed by atoms with Crippen molar-refractivity contribution in [2.24, 2.45) is 0 Å². The maximum absolute atomic E-state index is 5.91. The summed E-state index contributed by atoms with van der Waals surface area (Å²) in [4.78, 5) is 4.43. The van der Waals surface area contributed by atoms with Crippen LogP contribution in [0.3, 0.4) is 0 Å². The molecule has 0 aliphatic carbocycles. The van der Waals surface area contributed by atoms with Crippen LogP contribution in [0.2, 0.25) is 0 Å². The van der Waals surface area contributed by atoms with Gasteiger partial charge in [-0.1, -0.05) is 78.9 Å². The highest BCUT2D eigenvalue weighted by Crippen LogP contribution is 2.44. The Hall–Kier alpha value is -5.35. The molecule has 4 heteroatoms. The fourth-order valence-corrected chi connectivity index (χ4v) is 6.48. The van der Waals surface area contributed by atoms with Crippen LogP contribution in [0.4, 0.5) is 0 Å². The first-order valence-corrected chi connectivity index (χ1v) is 13.1. The highest BCUT2D eigenvalue weighted by Gasteiger charge is 2.22. The van der Waals surface area contributed by atoms with Gasteiger partial charge in [0.15, 0.2) is 12.0 Å². The van der Waals surface area contributed by atoms with Crippen molar-refractivity contribution in [2.45, 2.75) is 0 Å². The van der Waals surface area contributed by atoms with Gasteiger partial charge in [-0.25, -0.2) is 4.98 Å². The topological polar surface area (TPSA) is 35.9 Å². The summed E-state index contributed by atoms with van der Waals surface area (Å²) in [6.07, 6.45) is 1.53. The van der Waals surface area contributed by atoms with E-state index < -0.39 is 0 Å². The molecular formula is C35H21N3O. The minimum absolute atomic E-state index is 0.787. The first-order chi connectivity index (χ1) is 19.4. The fourth-order valence-electron chi connectivity index (χ4n) is 6.48. The summed E-state index contributed by atoms with van der Waals surface area (Å²) in [6, 6.07) is 43.3. The Balaban J connectivity index is 1.57. The normalized spacial score (nSPS) is 12.1. The highest BCUT2D eigenvalue weighted by molar-refractivity contribution is 6.30. The summed E-state index contributed by atoms with van der Waals surface area (Å²) in [5, 5.41) is 7.48. The Bertz CT molecular complexity index is 2390. The molecule has 0 atom stereocenters. The Morgan fingerprint density at radius 2 is 1.28 bits per heavy atom. The minimum atomic E-state index is 0.787. The number of hydrogen-bond donors (Lipinski definition) is 0. The average molecular weight is 500 g/mol. The van der Waals surface area contributed by atoms with Crippen LogP contribution in [0.5, 0.6) is 0 Å². The SMILES string of the molecule is c1ccc(-n2c3ccc4ccccc4c3c3ccc4c(c5ccccc5n4-c4cccc5ncoc45)c32)cc1. The largest absolute Gasteiger partial charge is 0.441 e. The molecule has 0 N–H and O–H groups in total. The zero-order chi connectivity index (χ0) is 25.5. The van der Waals surface area contributed by atoms with Gasteiger partial charge in [-0.05, 0) is 53.2 Å². The third-order valence-corrected chi connectivity index (χ3v) is 8.04. The Labute approximate surface area is 222 Å². The van der Waals surface area contributed by atoms with Gasteiger partial charge in [0.1, 0.15) is 5.52 Å². The van der Waals surface area contributed by atoms with Gasteiger partial charge in [0, 0.05) is 27.2 Å². The second kappa shape index (κ2) is 7.59. The van der Waals surface area contributed by atoms with Gasteiger partial charge in [0.25, 0.3) is 0 Å². The molecule has 0 aliphatic rings. The fraction of sp³-hybridized carbons (Fsp3) is 0. The van der Waals surface area contributed by atoms with Gasteiger partial charge in [0.05, 0.1) is 27.8 Å². The zero-order valence-corrected chi connectivity index (χ0v) is 20.9. The molecule has 0 unspecified atom stereocenters. The van der Waals surface area contributed by atoms with E-state index in [0.29, 0.717) is 0 Å². The predicted octanol–water partition coefficient (Wildman–Crippen LogP) is 9.18. The highest BCUT2D eigenvalue weighted by atomic mass is 16.3. The monoisotopic (exact) mass is 499 g/mol. The molecule has 3 heterocycles. The van der Waals surface area contributed by atoms with Crippen molar-refractivity contribution in [1.29, 1.82) is 0 Å². The molecule has 0 bridgehead atoms. The maximum atomic E-state index is 5.91. The van der Waals surface area contributed by atoms with Gasteiger partial charge >= 0.3 is 0 Å². The van der Waals surface area contributed by atoms with Gasteiger partial charge in [-0.3, -0.25) is 0 Å². The van der Waals surface area contributed by atoms with E-state index in [1.165, 1.54) is 49.7 Å². The molecule has 0 fully saturated rings. The third-order valence-electron chi connectivity index (χ3n) is 8.04. The summed E-state index contributed by atoms with van der Waals surface area (Å²) >= 11 is 0. The Morgan fingerprint density at radius 3 is 2.21 bits per heavy atom. The van der Waals surface area contributed by atoms with Crippen LogP contribution in [0, 0.1) is 0 Å². The molecule has 0 aliphatic heterocycles. The van der Waals surface area contributed by atoms with E-state index in [9.17, 15) is 0 Å². The van der Waals surface area contributed by atoms with E-state index in [0.717, 1.165) is 33.5 Å². The van der Waals surface area contributed by atoms with Crippen molar-refractivity contribution < 1.29 is 4.42 Å². The van der Waals surface area contributed by atoms with Crippen LogP contribution in [0.1, 0.15) is 0 Å². The number of fused-ring (bicyclic) bond motifs is 10. The molecule has 39 heavy (non-hydrogen) atoms. The average Bonchev–Trinajstić information content (AvgIpc) is 3.70. The Kier molecular flexibility index (Phi) is 4.02. The van der Waals surface area contributed by atoms with Crippen LogP contribution in [-0.2, 0) is 0 Å². The molecule has 6 aromatic carbocycles. The van der Waals surface area contributed by atoms with Gasteiger partial charge < -0.3 is 13.6 Å². The van der Waals surface area contributed by atoms with Crippen molar-refractivity contribution in [3.63, 3.8) is 0 Å². The van der Waals surface area contributed by atoms with E-state index in [1.807, 2.05) is 12.1 Å². The molecular weight excluding hydrogens is 478 g/mol. The van der Waals surface area contributed by atoms with Crippen molar-refractivity contribution in [2.75, 3.05) is 0 Å². The lowest BCUT2D eigenvalue weighted by Gasteiger charge is -2.10. The van der Waals surface area contributed by atoms with E-state index in [1.54, 1.807) is 0 Å².